The standard InChI is InChI=1S/C15H19ClN2O3/c1-10(2)15(3)13(19)18(14(20)17-15)8-9-21-12-7-5-4-6-11(12)16/h4-7,10H,8-9H2,1-3H3,(H,17,20). The van der Waals surface area contributed by atoms with Crippen molar-refractivity contribution < 1.29 is 14.3 Å². The molecule has 2 rings (SSSR count). The van der Waals surface area contributed by atoms with Crippen molar-refractivity contribution in [3.8, 4) is 5.75 Å². The largest absolute Gasteiger partial charge is 0.490 e. The van der Waals surface area contributed by atoms with E-state index in [-0.39, 0.29) is 31.0 Å². The van der Waals surface area contributed by atoms with Crippen LogP contribution in [0.3, 0.4) is 0 Å². The molecule has 1 aliphatic heterocycles. The van der Waals surface area contributed by atoms with Crippen molar-refractivity contribution in [3.63, 3.8) is 0 Å². The first kappa shape index (κ1) is 15.6. The molecule has 0 aliphatic carbocycles. The lowest BCUT2D eigenvalue weighted by atomic mass is 9.88. The molecule has 1 atom stereocenters. The van der Waals surface area contributed by atoms with Crippen LogP contribution in [-0.2, 0) is 4.79 Å². The lowest BCUT2D eigenvalue weighted by molar-refractivity contribution is -0.132. The summed E-state index contributed by atoms with van der Waals surface area (Å²) in [6.45, 7) is 5.95. The Morgan fingerprint density at radius 1 is 1.33 bits per heavy atom. The maximum atomic E-state index is 12.3. The number of halogens is 1. The van der Waals surface area contributed by atoms with Crippen molar-refractivity contribution in [2.45, 2.75) is 26.3 Å². The number of rotatable bonds is 5. The Hall–Kier alpha value is -1.75. The van der Waals surface area contributed by atoms with Gasteiger partial charge in [0.05, 0.1) is 11.6 Å². The van der Waals surface area contributed by atoms with Crippen LogP contribution in [0.4, 0.5) is 4.79 Å². The number of carbonyl (C=O) groups is 2. The Morgan fingerprint density at radius 2 is 2.00 bits per heavy atom. The predicted octanol–water partition coefficient (Wildman–Crippen LogP) is 2.69. The van der Waals surface area contributed by atoms with Crippen molar-refractivity contribution in [3.05, 3.63) is 29.3 Å². The normalized spacial score (nSPS) is 21.9. The number of ether oxygens (including phenoxy) is 1. The van der Waals surface area contributed by atoms with Crippen LogP contribution in [-0.4, -0.2) is 35.5 Å². The van der Waals surface area contributed by atoms with Gasteiger partial charge in [-0.25, -0.2) is 4.79 Å². The summed E-state index contributed by atoms with van der Waals surface area (Å²) in [5.74, 6) is 0.339. The van der Waals surface area contributed by atoms with Crippen LogP contribution in [0.1, 0.15) is 20.8 Å². The van der Waals surface area contributed by atoms with Gasteiger partial charge in [-0.05, 0) is 25.0 Å². The van der Waals surface area contributed by atoms with Crippen LogP contribution in [0.25, 0.3) is 0 Å². The zero-order chi connectivity index (χ0) is 15.6. The molecule has 6 heteroatoms. The van der Waals surface area contributed by atoms with E-state index in [0.29, 0.717) is 10.8 Å². The molecule has 1 aromatic carbocycles. The van der Waals surface area contributed by atoms with Gasteiger partial charge in [0.1, 0.15) is 17.9 Å². The number of para-hydroxylation sites is 1. The second-order valence-electron chi connectivity index (χ2n) is 5.52. The summed E-state index contributed by atoms with van der Waals surface area (Å²) in [6.07, 6.45) is 0. The molecule has 3 amide bonds. The van der Waals surface area contributed by atoms with Gasteiger partial charge in [-0.3, -0.25) is 9.69 Å². The van der Waals surface area contributed by atoms with E-state index in [1.807, 2.05) is 19.9 Å². The average molecular weight is 311 g/mol. The summed E-state index contributed by atoms with van der Waals surface area (Å²) in [5, 5.41) is 3.25. The SMILES string of the molecule is CC(C)C1(C)NC(=O)N(CCOc2ccccc2Cl)C1=O. The molecule has 1 unspecified atom stereocenters. The van der Waals surface area contributed by atoms with Gasteiger partial charge in [-0.2, -0.15) is 0 Å². The number of hydrogen-bond acceptors (Lipinski definition) is 3. The quantitative estimate of drug-likeness (QED) is 0.851. The molecule has 1 fully saturated rings. The molecule has 0 radical (unpaired) electrons. The van der Waals surface area contributed by atoms with Crippen molar-refractivity contribution in [1.29, 1.82) is 0 Å². The molecule has 1 aromatic rings. The Bertz CT molecular complexity index is 562. The topological polar surface area (TPSA) is 58.6 Å². The summed E-state index contributed by atoms with van der Waals surface area (Å²) in [7, 11) is 0. The Labute approximate surface area is 129 Å². The molecule has 1 heterocycles. The van der Waals surface area contributed by atoms with Gasteiger partial charge in [0.2, 0.25) is 0 Å². The monoisotopic (exact) mass is 310 g/mol. The third kappa shape index (κ3) is 2.97. The highest BCUT2D eigenvalue weighted by atomic mass is 35.5. The number of nitrogens with zero attached hydrogens (tertiary/aromatic N) is 1. The van der Waals surface area contributed by atoms with E-state index in [4.69, 9.17) is 16.3 Å². The second kappa shape index (κ2) is 5.93. The van der Waals surface area contributed by atoms with Crippen LogP contribution in [0.2, 0.25) is 5.02 Å². The number of benzene rings is 1. The van der Waals surface area contributed by atoms with Gasteiger partial charge in [0.15, 0.2) is 0 Å². The highest BCUT2D eigenvalue weighted by molar-refractivity contribution is 6.32. The molecule has 5 nitrogen and oxygen atoms in total. The van der Waals surface area contributed by atoms with E-state index in [0.717, 1.165) is 0 Å². The third-order valence-corrected chi connectivity index (χ3v) is 4.18. The van der Waals surface area contributed by atoms with E-state index in [2.05, 4.69) is 5.32 Å². The van der Waals surface area contributed by atoms with Gasteiger partial charge < -0.3 is 10.1 Å². The highest BCUT2D eigenvalue weighted by Gasteiger charge is 2.49. The van der Waals surface area contributed by atoms with Crippen LogP contribution >= 0.6 is 11.6 Å². The van der Waals surface area contributed by atoms with Crippen LogP contribution in [0.5, 0.6) is 5.75 Å². The maximum absolute atomic E-state index is 12.3. The van der Waals surface area contributed by atoms with Crippen molar-refractivity contribution >= 4 is 23.5 Å². The molecule has 1 aliphatic rings. The summed E-state index contributed by atoms with van der Waals surface area (Å²) < 4.78 is 5.52. The average Bonchev–Trinajstić information content (AvgIpc) is 2.65. The van der Waals surface area contributed by atoms with Gasteiger partial charge in [0.25, 0.3) is 5.91 Å². The summed E-state index contributed by atoms with van der Waals surface area (Å²) in [5.41, 5.74) is -0.846. The van der Waals surface area contributed by atoms with Crippen LogP contribution in [0, 0.1) is 5.92 Å². The first-order valence-electron chi connectivity index (χ1n) is 6.87. The number of amides is 3. The molecule has 0 saturated carbocycles. The smallest absolute Gasteiger partial charge is 0.325 e. The van der Waals surface area contributed by atoms with Gasteiger partial charge in [0, 0.05) is 0 Å². The minimum absolute atomic E-state index is 0.0171. The fourth-order valence-corrected chi connectivity index (χ4v) is 2.31. The Morgan fingerprint density at radius 3 is 2.57 bits per heavy atom. The van der Waals surface area contributed by atoms with Gasteiger partial charge >= 0.3 is 6.03 Å². The second-order valence-corrected chi connectivity index (χ2v) is 5.93. The summed E-state index contributed by atoms with van der Waals surface area (Å²) >= 11 is 5.98. The zero-order valence-electron chi connectivity index (χ0n) is 12.4. The van der Waals surface area contributed by atoms with E-state index < -0.39 is 5.54 Å². The number of imide groups is 1. The van der Waals surface area contributed by atoms with Gasteiger partial charge in [-0.15, -0.1) is 0 Å². The molecular weight excluding hydrogens is 292 g/mol. The maximum Gasteiger partial charge on any atom is 0.325 e. The number of nitrogens with one attached hydrogen (secondary N) is 1. The van der Waals surface area contributed by atoms with Crippen molar-refractivity contribution in [2.75, 3.05) is 13.2 Å². The molecule has 1 saturated heterocycles. The number of hydrogen-bond donors (Lipinski definition) is 1. The van der Waals surface area contributed by atoms with Crippen LogP contribution < -0.4 is 10.1 Å². The Kier molecular flexibility index (Phi) is 4.42. The predicted molar refractivity (Wildman–Crippen MR) is 80.4 cm³/mol. The lowest BCUT2D eigenvalue weighted by Gasteiger charge is -2.25. The zero-order valence-corrected chi connectivity index (χ0v) is 13.1. The molecule has 0 bridgehead atoms. The Balaban J connectivity index is 1.97. The molecular formula is C15H19ClN2O3. The number of carbonyl (C=O) groups excluding carboxylic acids is 2. The lowest BCUT2D eigenvalue weighted by Crippen LogP contribution is -2.48. The fraction of sp³-hybridized carbons (Fsp3) is 0.467. The minimum atomic E-state index is -0.846. The van der Waals surface area contributed by atoms with E-state index in [1.54, 1.807) is 25.1 Å². The molecule has 0 spiro atoms. The molecule has 0 aromatic heterocycles. The first-order valence-corrected chi connectivity index (χ1v) is 7.25. The molecule has 21 heavy (non-hydrogen) atoms. The summed E-state index contributed by atoms with van der Waals surface area (Å²) in [4.78, 5) is 25.5. The van der Waals surface area contributed by atoms with Gasteiger partial charge in [-0.1, -0.05) is 37.6 Å². The van der Waals surface area contributed by atoms with E-state index in [1.165, 1.54) is 4.90 Å². The first-order chi connectivity index (χ1) is 9.86. The fourth-order valence-electron chi connectivity index (χ4n) is 2.12. The third-order valence-electron chi connectivity index (χ3n) is 3.86. The summed E-state index contributed by atoms with van der Waals surface area (Å²) in [6, 6.07) is 6.71. The van der Waals surface area contributed by atoms with Crippen molar-refractivity contribution in [2.24, 2.45) is 5.92 Å². The highest BCUT2D eigenvalue weighted by Crippen LogP contribution is 2.26. The van der Waals surface area contributed by atoms with E-state index >= 15 is 0 Å². The van der Waals surface area contributed by atoms with Crippen LogP contribution in [0.15, 0.2) is 24.3 Å². The van der Waals surface area contributed by atoms with Crippen molar-refractivity contribution in [1.82, 2.24) is 10.2 Å². The molecule has 1 N–H and O–H groups in total. The minimum Gasteiger partial charge on any atom is -0.490 e. The molecule has 114 valence electrons. The number of urea groups is 1. The van der Waals surface area contributed by atoms with E-state index in [9.17, 15) is 9.59 Å².